The SMILES string of the molecule is CCCCCOc1ccc(C2C(=C(O)c3ccc(OC)cc3)C(=O)C(=O)N2CCc2ccccc2)cc1. The van der Waals surface area contributed by atoms with E-state index in [-0.39, 0.29) is 11.3 Å². The van der Waals surface area contributed by atoms with Crippen LogP contribution in [0.4, 0.5) is 0 Å². The van der Waals surface area contributed by atoms with Crippen molar-refractivity contribution in [2.45, 2.75) is 38.6 Å². The lowest BCUT2D eigenvalue weighted by atomic mass is 9.95. The first-order valence-corrected chi connectivity index (χ1v) is 12.7. The van der Waals surface area contributed by atoms with Crippen LogP contribution in [0.2, 0.25) is 0 Å². The molecule has 1 fully saturated rings. The van der Waals surface area contributed by atoms with Gasteiger partial charge in [-0.2, -0.15) is 0 Å². The van der Waals surface area contributed by atoms with Gasteiger partial charge in [-0.25, -0.2) is 0 Å². The third kappa shape index (κ3) is 6.02. The summed E-state index contributed by atoms with van der Waals surface area (Å²) in [5.41, 5.74) is 2.33. The zero-order valence-corrected chi connectivity index (χ0v) is 21.4. The van der Waals surface area contributed by atoms with Crippen LogP contribution in [0.25, 0.3) is 5.76 Å². The van der Waals surface area contributed by atoms with Crippen molar-refractivity contribution in [2.24, 2.45) is 0 Å². The molecule has 6 nitrogen and oxygen atoms in total. The molecular formula is C31H33NO5. The van der Waals surface area contributed by atoms with Crippen molar-refractivity contribution in [2.75, 3.05) is 20.3 Å². The van der Waals surface area contributed by atoms with E-state index in [0.29, 0.717) is 30.9 Å². The Balaban J connectivity index is 1.68. The van der Waals surface area contributed by atoms with Crippen LogP contribution in [0.1, 0.15) is 48.9 Å². The molecule has 0 aliphatic carbocycles. The number of nitrogens with zero attached hydrogens (tertiary/aromatic N) is 1. The van der Waals surface area contributed by atoms with Crippen LogP contribution >= 0.6 is 0 Å². The summed E-state index contributed by atoms with van der Waals surface area (Å²) in [6.45, 7) is 3.13. The molecule has 1 saturated heterocycles. The van der Waals surface area contributed by atoms with E-state index in [1.165, 1.54) is 0 Å². The Labute approximate surface area is 218 Å². The molecule has 1 aliphatic heterocycles. The Morgan fingerprint density at radius 1 is 0.892 bits per heavy atom. The van der Waals surface area contributed by atoms with Gasteiger partial charge in [-0.05, 0) is 60.4 Å². The Hall–Kier alpha value is -4.06. The highest BCUT2D eigenvalue weighted by molar-refractivity contribution is 6.46. The number of likely N-dealkylation sites (tertiary alicyclic amines) is 1. The number of carbonyl (C=O) groups excluding carboxylic acids is 2. The lowest BCUT2D eigenvalue weighted by molar-refractivity contribution is -0.139. The van der Waals surface area contributed by atoms with Crippen molar-refractivity contribution in [3.8, 4) is 11.5 Å². The fraction of sp³-hybridized carbons (Fsp3) is 0.290. The van der Waals surface area contributed by atoms with Crippen LogP contribution in [0.5, 0.6) is 11.5 Å². The molecule has 1 atom stereocenters. The van der Waals surface area contributed by atoms with Gasteiger partial charge in [0.05, 0.1) is 25.3 Å². The fourth-order valence-electron chi connectivity index (χ4n) is 4.54. The van der Waals surface area contributed by atoms with Gasteiger partial charge in [0.15, 0.2) is 0 Å². The molecule has 37 heavy (non-hydrogen) atoms. The largest absolute Gasteiger partial charge is 0.507 e. The van der Waals surface area contributed by atoms with Gasteiger partial charge < -0.3 is 19.5 Å². The maximum atomic E-state index is 13.3. The van der Waals surface area contributed by atoms with Gasteiger partial charge in [0, 0.05) is 12.1 Å². The number of methoxy groups -OCH3 is 1. The Morgan fingerprint density at radius 3 is 2.22 bits per heavy atom. The predicted molar refractivity (Wildman–Crippen MR) is 144 cm³/mol. The molecule has 1 unspecified atom stereocenters. The van der Waals surface area contributed by atoms with E-state index >= 15 is 0 Å². The number of hydrogen-bond donors (Lipinski definition) is 1. The van der Waals surface area contributed by atoms with Crippen molar-refractivity contribution in [3.05, 3.63) is 101 Å². The molecule has 0 aromatic heterocycles. The van der Waals surface area contributed by atoms with Gasteiger partial charge in [0.25, 0.3) is 11.7 Å². The number of ketones is 1. The molecule has 0 spiro atoms. The van der Waals surface area contributed by atoms with E-state index in [1.807, 2.05) is 54.6 Å². The minimum Gasteiger partial charge on any atom is -0.507 e. The number of amides is 1. The summed E-state index contributed by atoms with van der Waals surface area (Å²) < 4.78 is 11.1. The number of hydrogen-bond acceptors (Lipinski definition) is 5. The first-order valence-electron chi connectivity index (χ1n) is 12.7. The number of Topliss-reactive ketones (excluding diaryl/α,β-unsaturated/α-hetero) is 1. The summed E-state index contributed by atoms with van der Waals surface area (Å²) in [5.74, 6) is -0.141. The molecule has 6 heteroatoms. The van der Waals surface area contributed by atoms with Crippen molar-refractivity contribution < 1.29 is 24.2 Å². The first kappa shape index (κ1) is 26.0. The van der Waals surface area contributed by atoms with Crippen LogP contribution in [0.15, 0.2) is 84.4 Å². The molecule has 192 valence electrons. The smallest absolute Gasteiger partial charge is 0.295 e. The van der Waals surface area contributed by atoms with Crippen molar-refractivity contribution in [1.82, 2.24) is 4.90 Å². The van der Waals surface area contributed by atoms with E-state index in [9.17, 15) is 14.7 Å². The average Bonchev–Trinajstić information content (AvgIpc) is 3.19. The second-order valence-electron chi connectivity index (χ2n) is 9.08. The highest BCUT2D eigenvalue weighted by atomic mass is 16.5. The number of aliphatic hydroxyl groups excluding tert-OH is 1. The number of carbonyl (C=O) groups is 2. The van der Waals surface area contributed by atoms with Gasteiger partial charge in [-0.15, -0.1) is 0 Å². The van der Waals surface area contributed by atoms with Gasteiger partial charge in [0.1, 0.15) is 17.3 Å². The molecule has 3 aromatic rings. The number of benzene rings is 3. The van der Waals surface area contributed by atoms with E-state index in [2.05, 4.69) is 6.92 Å². The van der Waals surface area contributed by atoms with Crippen molar-refractivity contribution in [3.63, 3.8) is 0 Å². The van der Waals surface area contributed by atoms with Crippen LogP contribution in [-0.2, 0) is 16.0 Å². The number of aliphatic hydroxyl groups is 1. The minimum atomic E-state index is -0.708. The third-order valence-electron chi connectivity index (χ3n) is 6.60. The predicted octanol–water partition coefficient (Wildman–Crippen LogP) is 5.93. The molecule has 4 rings (SSSR count). The Morgan fingerprint density at radius 2 is 1.57 bits per heavy atom. The molecular weight excluding hydrogens is 466 g/mol. The molecule has 1 aliphatic rings. The quantitative estimate of drug-likeness (QED) is 0.153. The average molecular weight is 500 g/mol. The number of ether oxygens (including phenoxy) is 2. The molecule has 0 saturated carbocycles. The standard InChI is InChI=1S/C31H33NO5/c1-3-4-8-21-37-26-17-11-23(12-18-26)28-27(29(33)24-13-15-25(36-2)16-14-24)30(34)31(35)32(28)20-19-22-9-6-5-7-10-22/h5-7,9-18,28,33H,3-4,8,19-21H2,1-2H3. The van der Waals surface area contributed by atoms with E-state index < -0.39 is 17.7 Å². The Kier molecular flexibility index (Phi) is 8.62. The highest BCUT2D eigenvalue weighted by Gasteiger charge is 2.45. The Bertz CT molecular complexity index is 1230. The summed E-state index contributed by atoms with van der Waals surface area (Å²) in [7, 11) is 1.56. The molecule has 0 radical (unpaired) electrons. The molecule has 1 heterocycles. The normalized spacial score (nSPS) is 16.7. The second-order valence-corrected chi connectivity index (χ2v) is 9.08. The summed E-state index contributed by atoms with van der Waals surface area (Å²) in [6.07, 6.45) is 3.81. The summed E-state index contributed by atoms with van der Waals surface area (Å²) in [5, 5.41) is 11.2. The van der Waals surface area contributed by atoms with Gasteiger partial charge in [-0.1, -0.05) is 62.2 Å². The minimum absolute atomic E-state index is 0.0832. The zero-order valence-electron chi connectivity index (χ0n) is 21.4. The second kappa shape index (κ2) is 12.3. The lowest BCUT2D eigenvalue weighted by Crippen LogP contribution is -2.31. The highest BCUT2D eigenvalue weighted by Crippen LogP contribution is 2.40. The lowest BCUT2D eigenvalue weighted by Gasteiger charge is -2.25. The molecule has 1 N–H and O–H groups in total. The van der Waals surface area contributed by atoms with Crippen LogP contribution in [0.3, 0.4) is 0 Å². The van der Waals surface area contributed by atoms with Crippen molar-refractivity contribution in [1.29, 1.82) is 0 Å². The summed E-state index contributed by atoms with van der Waals surface area (Å²) >= 11 is 0. The maximum absolute atomic E-state index is 13.3. The van der Waals surface area contributed by atoms with Crippen LogP contribution in [0, 0.1) is 0 Å². The monoisotopic (exact) mass is 499 g/mol. The van der Waals surface area contributed by atoms with Gasteiger partial charge >= 0.3 is 0 Å². The molecule has 1 amide bonds. The third-order valence-corrected chi connectivity index (χ3v) is 6.60. The summed E-state index contributed by atoms with van der Waals surface area (Å²) in [6, 6.07) is 23.3. The number of rotatable bonds is 11. The van der Waals surface area contributed by atoms with E-state index in [4.69, 9.17) is 9.47 Å². The maximum Gasteiger partial charge on any atom is 0.295 e. The molecule has 0 bridgehead atoms. The zero-order chi connectivity index (χ0) is 26.2. The fourth-order valence-corrected chi connectivity index (χ4v) is 4.54. The van der Waals surface area contributed by atoms with Gasteiger partial charge in [0.2, 0.25) is 0 Å². The number of unbranched alkanes of at least 4 members (excludes halogenated alkanes) is 2. The topological polar surface area (TPSA) is 76.1 Å². The van der Waals surface area contributed by atoms with E-state index in [0.717, 1.165) is 36.1 Å². The van der Waals surface area contributed by atoms with Crippen LogP contribution < -0.4 is 9.47 Å². The molecule has 3 aromatic carbocycles. The first-order chi connectivity index (χ1) is 18.0. The summed E-state index contributed by atoms with van der Waals surface area (Å²) in [4.78, 5) is 28.0. The van der Waals surface area contributed by atoms with Gasteiger partial charge in [-0.3, -0.25) is 9.59 Å². The van der Waals surface area contributed by atoms with Crippen molar-refractivity contribution >= 4 is 17.4 Å². The van der Waals surface area contributed by atoms with Crippen LogP contribution in [-0.4, -0.2) is 42.0 Å². The van der Waals surface area contributed by atoms with E-state index in [1.54, 1.807) is 36.3 Å².